The largest absolute Gasteiger partial charge is 0.507 e. The third kappa shape index (κ3) is 16.1. The summed E-state index contributed by atoms with van der Waals surface area (Å²) in [5.41, 5.74) is -0.131. The van der Waals surface area contributed by atoms with Gasteiger partial charge in [-0.3, -0.25) is 10.1 Å². The average molecular weight is 612 g/mol. The maximum atomic E-state index is 13.1. The Labute approximate surface area is 261 Å². The highest BCUT2D eigenvalue weighted by molar-refractivity contribution is 8.01. The molecule has 0 aliphatic rings. The number of aromatic hydroxyl groups is 1. The van der Waals surface area contributed by atoms with Crippen molar-refractivity contribution in [2.24, 2.45) is 0 Å². The quantitative estimate of drug-likeness (QED) is 0.0680. The molecule has 0 radical (unpaired) electrons. The van der Waals surface area contributed by atoms with Gasteiger partial charge in [0.2, 0.25) is 0 Å². The van der Waals surface area contributed by atoms with Crippen LogP contribution in [0.5, 0.6) is 5.75 Å². The summed E-state index contributed by atoms with van der Waals surface area (Å²) in [7, 11) is 0. The SMILES string of the molecule is CC/C=C\C/C=C\C/C=C\C/C=C\C/C=C\CCSC(CC)(CC)C(=O)CCCOC(=O)Nc1ccc(O)c(C(=O)O)c1. The molecular weight excluding hydrogens is 562 g/mol. The number of carboxylic acid groups (broad SMARTS) is 1. The number of ether oxygens (including phenoxy) is 1. The number of anilines is 1. The van der Waals surface area contributed by atoms with Gasteiger partial charge in [0, 0.05) is 12.1 Å². The van der Waals surface area contributed by atoms with Crippen LogP contribution in [0, 0.1) is 0 Å². The Kier molecular flexibility index (Phi) is 20.1. The predicted molar refractivity (Wildman–Crippen MR) is 179 cm³/mol. The van der Waals surface area contributed by atoms with Crippen LogP contribution in [0.4, 0.5) is 10.5 Å². The second-order valence-electron chi connectivity index (χ2n) is 9.87. The zero-order valence-corrected chi connectivity index (χ0v) is 26.7. The van der Waals surface area contributed by atoms with Crippen LogP contribution in [0.25, 0.3) is 0 Å². The first-order chi connectivity index (χ1) is 20.8. The average Bonchev–Trinajstić information content (AvgIpc) is 2.99. The highest BCUT2D eigenvalue weighted by Gasteiger charge is 2.34. The summed E-state index contributed by atoms with van der Waals surface area (Å²) < 4.78 is 4.72. The predicted octanol–water partition coefficient (Wildman–Crippen LogP) is 9.42. The Balaban J connectivity index is 2.30. The van der Waals surface area contributed by atoms with Gasteiger partial charge in [-0.2, -0.15) is 0 Å². The van der Waals surface area contributed by atoms with Crippen molar-refractivity contribution in [3.8, 4) is 5.75 Å². The fraction of sp³-hybridized carbons (Fsp3) is 0.457. The van der Waals surface area contributed by atoms with Crippen molar-refractivity contribution in [2.45, 2.75) is 89.7 Å². The molecule has 7 nitrogen and oxygen atoms in total. The lowest BCUT2D eigenvalue weighted by molar-refractivity contribution is -0.121. The maximum Gasteiger partial charge on any atom is 0.411 e. The molecule has 0 saturated carbocycles. The van der Waals surface area contributed by atoms with Crippen molar-refractivity contribution in [2.75, 3.05) is 17.7 Å². The van der Waals surface area contributed by atoms with Gasteiger partial charge in [0.05, 0.1) is 11.4 Å². The second kappa shape index (κ2) is 23.0. The van der Waals surface area contributed by atoms with Crippen molar-refractivity contribution in [1.82, 2.24) is 0 Å². The molecule has 0 unspecified atom stereocenters. The van der Waals surface area contributed by atoms with Gasteiger partial charge >= 0.3 is 12.1 Å². The number of rotatable bonds is 22. The fourth-order valence-corrected chi connectivity index (χ4v) is 5.50. The Morgan fingerprint density at radius 2 is 1.42 bits per heavy atom. The maximum absolute atomic E-state index is 13.1. The van der Waals surface area contributed by atoms with E-state index in [2.05, 4.69) is 73.0 Å². The van der Waals surface area contributed by atoms with Crippen molar-refractivity contribution in [3.05, 3.63) is 84.5 Å². The minimum Gasteiger partial charge on any atom is -0.507 e. The molecule has 1 amide bonds. The number of allylic oxidation sites excluding steroid dienone is 10. The number of hydrogen-bond acceptors (Lipinski definition) is 6. The van der Waals surface area contributed by atoms with E-state index in [0.29, 0.717) is 12.8 Å². The summed E-state index contributed by atoms with van der Waals surface area (Å²) in [6.45, 7) is 6.28. The van der Waals surface area contributed by atoms with Gasteiger partial charge in [-0.1, -0.05) is 81.5 Å². The molecule has 1 aromatic rings. The number of amides is 1. The van der Waals surface area contributed by atoms with Gasteiger partial charge in [-0.05, 0) is 81.7 Å². The Bertz CT molecular complexity index is 1130. The zero-order chi connectivity index (χ0) is 31.8. The molecule has 0 fully saturated rings. The van der Waals surface area contributed by atoms with Gasteiger partial charge in [-0.25, -0.2) is 9.59 Å². The van der Waals surface area contributed by atoms with Crippen molar-refractivity contribution >= 4 is 35.3 Å². The molecule has 1 rings (SSSR count). The number of carbonyl (C=O) groups excluding carboxylic acids is 2. The molecule has 8 heteroatoms. The molecule has 236 valence electrons. The lowest BCUT2D eigenvalue weighted by atomic mass is 9.94. The molecule has 3 N–H and O–H groups in total. The van der Waals surface area contributed by atoms with Gasteiger partial charge in [0.15, 0.2) is 0 Å². The first kappa shape index (κ1) is 37.5. The number of Topliss-reactive ketones (excluding diaryl/α,β-unsaturated/α-hetero) is 1. The Morgan fingerprint density at radius 1 is 0.860 bits per heavy atom. The van der Waals surface area contributed by atoms with E-state index in [1.54, 1.807) is 11.8 Å². The smallest absolute Gasteiger partial charge is 0.411 e. The van der Waals surface area contributed by atoms with Crippen LogP contribution in [0.2, 0.25) is 0 Å². The van der Waals surface area contributed by atoms with E-state index in [-0.39, 0.29) is 23.6 Å². The summed E-state index contributed by atoms with van der Waals surface area (Å²) in [5, 5.41) is 21.1. The molecule has 0 bridgehead atoms. The van der Waals surface area contributed by atoms with Crippen LogP contribution in [0.3, 0.4) is 0 Å². The third-order valence-corrected chi connectivity index (χ3v) is 8.52. The molecule has 0 aromatic heterocycles. The highest BCUT2D eigenvalue weighted by Crippen LogP contribution is 2.35. The molecule has 43 heavy (non-hydrogen) atoms. The van der Waals surface area contributed by atoms with E-state index >= 15 is 0 Å². The molecule has 0 saturated heterocycles. The summed E-state index contributed by atoms with van der Waals surface area (Å²) >= 11 is 1.71. The van der Waals surface area contributed by atoms with Crippen LogP contribution in [0.15, 0.2) is 79.0 Å². The highest BCUT2D eigenvalue weighted by atomic mass is 32.2. The zero-order valence-electron chi connectivity index (χ0n) is 25.9. The number of carbonyl (C=O) groups is 3. The topological polar surface area (TPSA) is 113 Å². The molecule has 0 spiro atoms. The van der Waals surface area contributed by atoms with E-state index in [9.17, 15) is 19.5 Å². The fourth-order valence-electron chi connectivity index (χ4n) is 4.18. The summed E-state index contributed by atoms with van der Waals surface area (Å²) in [4.78, 5) is 36.3. The van der Waals surface area contributed by atoms with Crippen molar-refractivity contribution in [3.63, 3.8) is 0 Å². The molecule has 0 aliphatic carbocycles. The van der Waals surface area contributed by atoms with E-state index in [0.717, 1.165) is 63.2 Å². The second-order valence-corrected chi connectivity index (χ2v) is 11.3. The minimum atomic E-state index is -1.31. The third-order valence-electron chi connectivity index (χ3n) is 6.73. The molecule has 1 aromatic carbocycles. The number of benzene rings is 1. The van der Waals surface area contributed by atoms with Gasteiger partial charge in [0.1, 0.15) is 17.1 Å². The van der Waals surface area contributed by atoms with Crippen LogP contribution >= 0.6 is 11.8 Å². The molecule has 0 heterocycles. The number of carboxylic acids is 1. The molecular formula is C35H49NO6S. The first-order valence-corrected chi connectivity index (χ1v) is 16.2. The summed E-state index contributed by atoms with van der Waals surface area (Å²) in [6, 6.07) is 3.71. The number of thioether (sulfide) groups is 1. The van der Waals surface area contributed by atoms with Crippen LogP contribution < -0.4 is 5.32 Å². The van der Waals surface area contributed by atoms with Crippen molar-refractivity contribution in [1.29, 1.82) is 0 Å². The lowest BCUT2D eigenvalue weighted by Gasteiger charge is -2.29. The van der Waals surface area contributed by atoms with E-state index in [4.69, 9.17) is 9.84 Å². The van der Waals surface area contributed by atoms with Crippen LogP contribution in [-0.4, -0.2) is 45.2 Å². The number of aromatic carboxylic acids is 1. The summed E-state index contributed by atoms with van der Waals surface area (Å²) in [6.07, 6.45) is 29.1. The van der Waals surface area contributed by atoms with Crippen LogP contribution in [-0.2, 0) is 9.53 Å². The van der Waals surface area contributed by atoms with E-state index in [1.807, 2.05) is 13.8 Å². The number of ketones is 1. The molecule has 0 aliphatic heterocycles. The van der Waals surface area contributed by atoms with Gasteiger partial charge < -0.3 is 14.9 Å². The van der Waals surface area contributed by atoms with Gasteiger partial charge in [-0.15, -0.1) is 11.8 Å². The number of hydrogen-bond donors (Lipinski definition) is 3. The Hall–Kier alpha value is -3.52. The monoisotopic (exact) mass is 611 g/mol. The number of nitrogens with one attached hydrogen (secondary N) is 1. The van der Waals surface area contributed by atoms with E-state index < -0.39 is 22.6 Å². The normalized spacial score (nSPS) is 12.3. The van der Waals surface area contributed by atoms with Crippen LogP contribution in [0.1, 0.15) is 95.3 Å². The first-order valence-electron chi connectivity index (χ1n) is 15.2. The minimum absolute atomic E-state index is 0.0651. The standard InChI is InChI=1S/C35H49NO6S/c1-4-7-8-9-10-11-12-13-14-15-16-17-18-19-20-21-27-43-35(5-2,6-3)32(38)23-22-26-42-34(41)36-29-24-25-31(37)30(28-29)33(39)40/h7-8,10-11,13-14,16-17,19-20,24-25,28,37H,4-6,9,12,15,18,21-23,26-27H2,1-3H3,(H,36,41)(H,39,40)/b8-7-,11-10-,14-13-,17-16-,20-19-. The number of phenols is 1. The van der Waals surface area contributed by atoms with Gasteiger partial charge in [0.25, 0.3) is 0 Å². The molecule has 0 atom stereocenters. The van der Waals surface area contributed by atoms with E-state index in [1.165, 1.54) is 12.1 Å². The van der Waals surface area contributed by atoms with Crippen molar-refractivity contribution < 1.29 is 29.3 Å². The summed E-state index contributed by atoms with van der Waals surface area (Å²) in [5.74, 6) is -0.669. The Morgan fingerprint density at radius 3 is 1.95 bits per heavy atom. The lowest BCUT2D eigenvalue weighted by Crippen LogP contribution is -2.34.